The Kier molecular flexibility index (Phi) is 4.74. The lowest BCUT2D eigenvalue weighted by molar-refractivity contribution is -0.142. The largest absolute Gasteiger partial charge is 0.466 e. The molecule has 0 atom stereocenters. The zero-order chi connectivity index (χ0) is 17.1. The van der Waals surface area contributed by atoms with Crippen molar-refractivity contribution in [3.8, 4) is 0 Å². The first kappa shape index (κ1) is 16.4. The average molecular weight is 324 g/mol. The van der Waals surface area contributed by atoms with Crippen molar-refractivity contribution in [3.05, 3.63) is 58.7 Å². The fourth-order valence-corrected chi connectivity index (χ4v) is 3.21. The van der Waals surface area contributed by atoms with Gasteiger partial charge >= 0.3 is 5.97 Å². The second kappa shape index (κ2) is 6.95. The Labute approximate surface area is 143 Å². The van der Waals surface area contributed by atoms with Gasteiger partial charge in [0, 0.05) is 24.5 Å². The maximum Gasteiger partial charge on any atom is 0.310 e. The number of hydrogen-bond donors (Lipinski definition) is 1. The van der Waals surface area contributed by atoms with E-state index >= 15 is 0 Å². The maximum absolute atomic E-state index is 11.6. The van der Waals surface area contributed by atoms with Crippen LogP contribution in [0.4, 0.5) is 11.4 Å². The number of nitrogen functional groups attached to an aromatic ring is 1. The van der Waals surface area contributed by atoms with E-state index in [9.17, 15) is 4.79 Å². The first-order valence-corrected chi connectivity index (χ1v) is 8.44. The molecule has 1 aliphatic heterocycles. The van der Waals surface area contributed by atoms with Crippen LogP contribution in [0.25, 0.3) is 0 Å². The third-order valence-corrected chi connectivity index (χ3v) is 4.51. The number of ether oxygens (including phenoxy) is 1. The second-order valence-corrected chi connectivity index (χ2v) is 6.31. The molecule has 0 amide bonds. The molecule has 0 saturated heterocycles. The Morgan fingerprint density at radius 3 is 2.79 bits per heavy atom. The van der Waals surface area contributed by atoms with Crippen LogP contribution in [0.15, 0.2) is 36.4 Å². The first-order chi connectivity index (χ1) is 11.6. The lowest BCUT2D eigenvalue weighted by Crippen LogP contribution is -2.30. The molecular weight excluding hydrogens is 300 g/mol. The molecule has 4 heteroatoms. The molecule has 24 heavy (non-hydrogen) atoms. The Morgan fingerprint density at radius 2 is 2.04 bits per heavy atom. The van der Waals surface area contributed by atoms with Crippen molar-refractivity contribution < 1.29 is 9.53 Å². The number of hydrogen-bond acceptors (Lipinski definition) is 4. The molecule has 1 heterocycles. The molecule has 0 spiro atoms. The van der Waals surface area contributed by atoms with E-state index in [1.54, 1.807) is 6.92 Å². The normalized spacial score (nSPS) is 13.5. The first-order valence-electron chi connectivity index (χ1n) is 8.44. The molecule has 0 aliphatic carbocycles. The molecule has 0 saturated carbocycles. The van der Waals surface area contributed by atoms with E-state index in [1.165, 1.54) is 16.7 Å². The van der Waals surface area contributed by atoms with Crippen LogP contribution in [0.2, 0.25) is 0 Å². The van der Waals surface area contributed by atoms with E-state index in [4.69, 9.17) is 10.5 Å². The Hall–Kier alpha value is -2.49. The molecule has 0 fully saturated rings. The molecule has 0 unspecified atom stereocenters. The molecule has 2 N–H and O–H groups in total. The number of rotatable bonds is 4. The van der Waals surface area contributed by atoms with E-state index in [0.29, 0.717) is 12.3 Å². The highest BCUT2D eigenvalue weighted by molar-refractivity contribution is 5.76. The molecule has 0 radical (unpaired) electrons. The van der Waals surface area contributed by atoms with Gasteiger partial charge in [0.1, 0.15) is 0 Å². The van der Waals surface area contributed by atoms with Crippen molar-refractivity contribution in [2.24, 2.45) is 0 Å². The Balaban J connectivity index is 1.75. The molecule has 4 nitrogen and oxygen atoms in total. The minimum Gasteiger partial charge on any atom is -0.466 e. The summed E-state index contributed by atoms with van der Waals surface area (Å²) in [4.78, 5) is 14.0. The molecule has 2 aromatic rings. The monoisotopic (exact) mass is 324 g/mol. The molecule has 126 valence electrons. The van der Waals surface area contributed by atoms with Crippen LogP contribution < -0.4 is 10.6 Å². The molecule has 3 rings (SSSR count). The van der Waals surface area contributed by atoms with Crippen LogP contribution >= 0.6 is 0 Å². The Morgan fingerprint density at radius 1 is 1.21 bits per heavy atom. The highest BCUT2D eigenvalue weighted by atomic mass is 16.5. The summed E-state index contributed by atoms with van der Waals surface area (Å²) in [6.07, 6.45) is 1.27. The number of esters is 1. The van der Waals surface area contributed by atoms with Gasteiger partial charge in [-0.2, -0.15) is 0 Å². The van der Waals surface area contributed by atoms with Crippen LogP contribution in [-0.4, -0.2) is 19.1 Å². The fraction of sp³-hybridized carbons (Fsp3) is 0.350. The minimum absolute atomic E-state index is 0.224. The van der Waals surface area contributed by atoms with Gasteiger partial charge in [-0.25, -0.2) is 0 Å². The zero-order valence-electron chi connectivity index (χ0n) is 14.3. The SMILES string of the molecule is CCOC(=O)Cc1ccc(N2CCc3cc(C)ccc3C2)cc1N. The Bertz CT molecular complexity index is 755. The predicted octanol–water partition coefficient (Wildman–Crippen LogP) is 3.25. The number of carbonyl (C=O) groups is 1. The number of aryl methyl sites for hydroxylation is 1. The van der Waals surface area contributed by atoms with Gasteiger partial charge in [0.25, 0.3) is 0 Å². The molecule has 0 bridgehead atoms. The quantitative estimate of drug-likeness (QED) is 0.693. The summed E-state index contributed by atoms with van der Waals surface area (Å²) >= 11 is 0. The van der Waals surface area contributed by atoms with Crippen molar-refractivity contribution in [3.63, 3.8) is 0 Å². The van der Waals surface area contributed by atoms with Gasteiger partial charge in [-0.15, -0.1) is 0 Å². The summed E-state index contributed by atoms with van der Waals surface area (Å²) in [7, 11) is 0. The number of nitrogens with zero attached hydrogens (tertiary/aromatic N) is 1. The summed E-state index contributed by atoms with van der Waals surface area (Å²) in [5.41, 5.74) is 12.9. The maximum atomic E-state index is 11.6. The molecule has 0 aromatic heterocycles. The van der Waals surface area contributed by atoms with Gasteiger partial charge in [0.2, 0.25) is 0 Å². The fourth-order valence-electron chi connectivity index (χ4n) is 3.21. The van der Waals surface area contributed by atoms with E-state index in [2.05, 4.69) is 30.0 Å². The van der Waals surface area contributed by atoms with E-state index in [0.717, 1.165) is 30.8 Å². The van der Waals surface area contributed by atoms with E-state index in [1.807, 2.05) is 18.2 Å². The van der Waals surface area contributed by atoms with Gasteiger partial charge in [-0.3, -0.25) is 4.79 Å². The summed E-state index contributed by atoms with van der Waals surface area (Å²) in [5.74, 6) is -0.237. The zero-order valence-corrected chi connectivity index (χ0v) is 14.3. The number of benzene rings is 2. The smallest absolute Gasteiger partial charge is 0.310 e. The van der Waals surface area contributed by atoms with Gasteiger partial charge in [0.05, 0.1) is 13.0 Å². The summed E-state index contributed by atoms with van der Waals surface area (Å²) in [6, 6.07) is 12.6. The average Bonchev–Trinajstić information content (AvgIpc) is 2.56. The number of anilines is 2. The van der Waals surface area contributed by atoms with Gasteiger partial charge < -0.3 is 15.4 Å². The second-order valence-electron chi connectivity index (χ2n) is 6.31. The van der Waals surface area contributed by atoms with Crippen LogP contribution in [0.3, 0.4) is 0 Å². The van der Waals surface area contributed by atoms with Gasteiger partial charge in [-0.05, 0) is 49.1 Å². The van der Waals surface area contributed by atoms with Gasteiger partial charge in [-0.1, -0.05) is 29.8 Å². The third-order valence-electron chi connectivity index (χ3n) is 4.51. The van der Waals surface area contributed by atoms with Crippen LogP contribution in [0.5, 0.6) is 0 Å². The summed E-state index contributed by atoms with van der Waals surface area (Å²) in [6.45, 7) is 6.21. The van der Waals surface area contributed by atoms with Crippen molar-refractivity contribution >= 4 is 17.3 Å². The highest BCUT2D eigenvalue weighted by Gasteiger charge is 2.17. The van der Waals surface area contributed by atoms with Crippen LogP contribution in [0, 0.1) is 6.92 Å². The van der Waals surface area contributed by atoms with Crippen LogP contribution in [0.1, 0.15) is 29.2 Å². The molecule has 2 aromatic carbocycles. The lowest BCUT2D eigenvalue weighted by Gasteiger charge is -2.31. The lowest BCUT2D eigenvalue weighted by atomic mass is 9.97. The summed E-state index contributed by atoms with van der Waals surface area (Å²) < 4.78 is 4.99. The number of nitrogens with two attached hydrogens (primary N) is 1. The highest BCUT2D eigenvalue weighted by Crippen LogP contribution is 2.28. The van der Waals surface area contributed by atoms with Crippen LogP contribution in [-0.2, 0) is 28.9 Å². The van der Waals surface area contributed by atoms with E-state index < -0.39 is 0 Å². The van der Waals surface area contributed by atoms with Gasteiger partial charge in [0.15, 0.2) is 0 Å². The van der Waals surface area contributed by atoms with Crippen molar-refractivity contribution in [2.45, 2.75) is 33.2 Å². The predicted molar refractivity (Wildman–Crippen MR) is 97.1 cm³/mol. The topological polar surface area (TPSA) is 55.6 Å². The third kappa shape index (κ3) is 3.53. The molecule has 1 aliphatic rings. The van der Waals surface area contributed by atoms with Crippen molar-refractivity contribution in [1.82, 2.24) is 0 Å². The minimum atomic E-state index is -0.237. The standard InChI is InChI=1S/C20H24N2O2/c1-3-24-20(23)11-16-6-7-18(12-19(16)21)22-9-8-15-10-14(2)4-5-17(15)13-22/h4-7,10,12H,3,8-9,11,13,21H2,1-2H3. The molecular formula is C20H24N2O2. The van der Waals surface area contributed by atoms with Crippen molar-refractivity contribution in [1.29, 1.82) is 0 Å². The van der Waals surface area contributed by atoms with Crippen molar-refractivity contribution in [2.75, 3.05) is 23.8 Å². The number of fused-ring (bicyclic) bond motifs is 1. The summed E-state index contributed by atoms with van der Waals surface area (Å²) in [5, 5.41) is 0. The van der Waals surface area contributed by atoms with E-state index in [-0.39, 0.29) is 12.4 Å². The number of carbonyl (C=O) groups excluding carboxylic acids is 1.